The number of nitrogen functional groups attached to an aromatic ring is 2. The summed E-state index contributed by atoms with van der Waals surface area (Å²) >= 11 is 3.67. The Balaban J connectivity index is 0.000000277. The van der Waals surface area contributed by atoms with Gasteiger partial charge in [0, 0.05) is 87.0 Å². The first-order valence-electron chi connectivity index (χ1n) is 37.4. The van der Waals surface area contributed by atoms with Gasteiger partial charge < -0.3 is 133 Å². The lowest BCUT2D eigenvalue weighted by molar-refractivity contribution is -0.122. The second kappa shape index (κ2) is 44.2. The molecule has 4 unspecified atom stereocenters. The van der Waals surface area contributed by atoms with Crippen molar-refractivity contribution in [1.82, 2.24) is 92.2 Å². The highest BCUT2D eigenvalue weighted by atomic mass is 32.2. The summed E-state index contributed by atoms with van der Waals surface area (Å²) in [6, 6.07) is 0.384. The zero-order valence-electron chi connectivity index (χ0n) is 64.0. The first kappa shape index (κ1) is 98.4. The topological polar surface area (TPSA) is 833 Å². The molecule has 18 atom stereocenters. The maximum atomic E-state index is 12.8. The molecule has 0 saturated carbocycles. The Hall–Kier alpha value is -7.38. The van der Waals surface area contributed by atoms with Crippen LogP contribution in [0, 0.1) is 0 Å². The highest BCUT2D eigenvalue weighted by Gasteiger charge is 2.53. The third-order valence-electron chi connectivity index (χ3n) is 18.6. The monoisotopic (exact) mass is 1900 g/mol. The second-order valence-electron chi connectivity index (χ2n) is 27.8. The van der Waals surface area contributed by atoms with Crippen molar-refractivity contribution in [1.29, 1.82) is 0 Å². The molecule has 6 fully saturated rings. The third kappa shape index (κ3) is 30.5. The summed E-state index contributed by atoms with van der Waals surface area (Å²) < 4.78 is 118. The minimum absolute atomic E-state index is 0.0236. The van der Waals surface area contributed by atoms with E-state index >= 15 is 0 Å². The van der Waals surface area contributed by atoms with Crippen LogP contribution in [-0.4, -0.2) is 272 Å². The van der Waals surface area contributed by atoms with Crippen LogP contribution in [0.25, 0.3) is 22.3 Å². The Morgan fingerprint density at radius 1 is 0.467 bits per heavy atom. The van der Waals surface area contributed by atoms with Gasteiger partial charge in [-0.15, -0.1) is 0 Å². The highest BCUT2D eigenvalue weighted by Crippen LogP contribution is 2.68. The Kier molecular flexibility index (Phi) is 35.6. The number of hydrogen-bond donors (Lipinski definition) is 24. The third-order valence-corrected chi connectivity index (χ3v) is 29.2. The minimum atomic E-state index is -5.89. The number of aliphatic hydroxyl groups excluding tert-OH is 2. The maximum Gasteiger partial charge on any atom is 0.490 e. The van der Waals surface area contributed by atoms with Gasteiger partial charge in [0.2, 0.25) is 35.5 Å². The number of hydrogen-bond acceptors (Lipinski definition) is 36. The summed E-state index contributed by atoms with van der Waals surface area (Å²) in [6.45, 7) is -1.69. The average Bonchev–Trinajstić information content (AvgIpc) is 1.62. The second-order valence-corrected chi connectivity index (χ2v) is 39.2. The number of nitrogens with zero attached hydrogens (tertiary/aromatic N) is 6. The number of unbranched alkanes of at least 4 members (excludes halogenated alkanes) is 6. The molecule has 10 heterocycles. The number of anilines is 2. The lowest BCUT2D eigenvalue weighted by atomic mass is 10.0. The van der Waals surface area contributed by atoms with E-state index in [0.717, 1.165) is 71.8 Å². The van der Waals surface area contributed by atoms with Crippen LogP contribution < -0.4 is 75.8 Å². The summed E-state index contributed by atoms with van der Waals surface area (Å²) in [6.07, 6.45) is -3.92. The van der Waals surface area contributed by atoms with E-state index < -0.39 is 133 Å². The lowest BCUT2D eigenvalue weighted by Crippen LogP contribution is -2.42. The fraction of sp³-hybridized carbons (Fsp3) is 0.690. The molecule has 10 amide bonds. The molecule has 0 bridgehead atoms. The number of carbonyl (C=O) groups is 8. The minimum Gasteiger partial charge on any atom is -0.440 e. The van der Waals surface area contributed by atoms with Crippen molar-refractivity contribution in [2.75, 3.05) is 75.5 Å². The fourth-order valence-corrected chi connectivity index (χ4v) is 22.4. The summed E-state index contributed by atoms with van der Waals surface area (Å²) in [7, 11) is -34.5. The number of amides is 10. The number of aromatic amines is 2. The molecule has 6 aliphatic rings. The molecule has 122 heavy (non-hydrogen) atoms. The summed E-state index contributed by atoms with van der Waals surface area (Å²) in [5.41, 5.74) is 8.88. The van der Waals surface area contributed by atoms with Crippen LogP contribution in [-0.2, 0) is 91.8 Å². The summed E-state index contributed by atoms with van der Waals surface area (Å²) in [5, 5.41) is 50.4. The molecule has 10 rings (SSSR count). The van der Waals surface area contributed by atoms with Crippen LogP contribution in [0.15, 0.2) is 22.2 Å². The number of urea groups is 2. The Morgan fingerprint density at radius 3 is 1.27 bits per heavy atom. The largest absolute Gasteiger partial charge is 0.490 e. The van der Waals surface area contributed by atoms with E-state index in [4.69, 9.17) is 50.0 Å². The smallest absolute Gasteiger partial charge is 0.440 e. The SMILES string of the molecule is Nc1nc2c(ncn2[C@@H]2O[C@H](COP(=O)(O)OP(=O)(O)OP(=O)(O)O)[C@@H](O)[C@H]2OC(=O)NCCNC(=O)CCCCCNC(=O)CCCC[C@@H]2SC[C@@H]3NC(=O)N[C@@H]32)c(=O)[nH]1.Nc1nc2c(ncn2[C@@H]2O[C@H](COP(=O)(O)OP(=O)(O)OP(=O)(O)O)[C@@H](OC(=O)NCCNC(=O)CCCCCNC(=O)CCCC[C@@H]3SC[C@@H]4NC(=O)N[C@@H]43)[C@H]2O)c(=O)[nH]1. The predicted molar refractivity (Wildman–Crippen MR) is 418 cm³/mol. The molecule has 26 N–H and O–H groups in total. The van der Waals surface area contributed by atoms with Gasteiger partial charge in [0.15, 0.2) is 47.0 Å². The Morgan fingerprint density at radius 2 is 0.844 bits per heavy atom. The van der Waals surface area contributed by atoms with E-state index in [1.807, 2.05) is 23.5 Å². The van der Waals surface area contributed by atoms with Gasteiger partial charge in [0.25, 0.3) is 11.1 Å². The van der Waals surface area contributed by atoms with Crippen LogP contribution in [0.4, 0.5) is 31.1 Å². The van der Waals surface area contributed by atoms with E-state index in [1.54, 1.807) is 0 Å². The van der Waals surface area contributed by atoms with Crippen molar-refractivity contribution in [2.45, 2.75) is 186 Å². The van der Waals surface area contributed by atoms with Crippen molar-refractivity contribution in [3.63, 3.8) is 0 Å². The number of imidazole rings is 2. The van der Waals surface area contributed by atoms with Crippen molar-refractivity contribution in [3.8, 4) is 0 Å². The number of phosphoric acid groups is 6. The first-order valence-corrected chi connectivity index (χ1v) is 48.6. The summed E-state index contributed by atoms with van der Waals surface area (Å²) in [4.78, 5) is 216. The molecule has 6 saturated heterocycles. The van der Waals surface area contributed by atoms with Gasteiger partial charge >= 0.3 is 71.2 Å². The Labute approximate surface area is 697 Å². The lowest BCUT2D eigenvalue weighted by Gasteiger charge is -2.22. The van der Waals surface area contributed by atoms with Crippen molar-refractivity contribution in [3.05, 3.63) is 33.4 Å². The zero-order chi connectivity index (χ0) is 89.1. The number of thioether (sulfide) groups is 2. The van der Waals surface area contributed by atoms with Crippen LogP contribution in [0.1, 0.15) is 115 Å². The molecule has 0 radical (unpaired) electrons. The van der Waals surface area contributed by atoms with Gasteiger partial charge in [-0.1, -0.05) is 25.7 Å². The van der Waals surface area contributed by atoms with Gasteiger partial charge in [-0.05, 0) is 51.4 Å². The highest BCUT2D eigenvalue weighted by molar-refractivity contribution is 8.00. The van der Waals surface area contributed by atoms with E-state index in [0.29, 0.717) is 75.0 Å². The normalized spacial score (nSPS) is 25.5. The molecule has 0 aromatic carbocycles. The number of phosphoric ester groups is 2. The van der Waals surface area contributed by atoms with Gasteiger partial charge in [0.1, 0.15) is 24.4 Å². The molecule has 0 spiro atoms. The molecular weight excluding hydrogens is 1800 g/mol. The van der Waals surface area contributed by atoms with Crippen molar-refractivity contribution >= 4 is 153 Å². The average molecular weight is 1900 g/mol. The number of carbonyl (C=O) groups excluding carboxylic acids is 8. The van der Waals surface area contributed by atoms with E-state index in [2.05, 4.69) is 109 Å². The number of fused-ring (bicyclic) bond motifs is 4. The van der Waals surface area contributed by atoms with Crippen LogP contribution in [0.3, 0.4) is 0 Å². The van der Waals surface area contributed by atoms with Crippen LogP contribution in [0.5, 0.6) is 0 Å². The predicted octanol–water partition coefficient (Wildman–Crippen LogP) is -2.17. The molecular formula is C58H94N20O36P6S2. The van der Waals surface area contributed by atoms with Gasteiger partial charge in [-0.3, -0.25) is 56.9 Å². The zero-order valence-corrected chi connectivity index (χ0v) is 71.0. The number of aromatic nitrogens is 8. The molecule has 684 valence electrons. The van der Waals surface area contributed by atoms with E-state index in [-0.39, 0.29) is 133 Å². The molecule has 4 aromatic heterocycles. The fourth-order valence-electron chi connectivity index (χ4n) is 13.2. The van der Waals surface area contributed by atoms with Gasteiger partial charge in [-0.2, -0.15) is 50.7 Å². The molecule has 4 aromatic rings. The number of aliphatic hydroxyl groups is 2. The Bertz CT molecular complexity index is 4800. The molecule has 64 heteroatoms. The maximum absolute atomic E-state index is 12.8. The molecule has 6 aliphatic heterocycles. The van der Waals surface area contributed by atoms with Crippen molar-refractivity contribution in [2.24, 2.45) is 0 Å². The standard InChI is InChI=1S/2C29H47N10O18P3S/c30-27-37-24-21(25(43)38-27)34-14-39(24)26-22(42)23(16(54-26)12-53-59(49,50)57-60(51,52)56-58(46,47)48)55-29(45)33-11-10-32-19(41)7-2-1-5-9-31-18(40)8-4-3-6-17-20-15(13-61-17)35-28(44)36-20;30-27-37-24-21(25(43)38-27)34-14-39(24)26-23(22(42)16(54-26)12-53-59(49,50)57-60(51,52)56-58(46,47)48)55-29(45)33-11-10-32-19(41)7-2-1-5-9-31-18(40)8-4-3-6-17-20-15(13-61-17)35-28(44)36-20/h2*14-17,20,22-23,26,42H,1-13H2,(H,31,40)(H,32,41)(H,33,45)(H,49,50)(H,51,52)(H2,35,36,44)(H2,46,47,48)(H3,30,37,38,43)/t2*15-,16+,17-,20-,22+,23+,26+/m00/s1. The van der Waals surface area contributed by atoms with Crippen LogP contribution in [0.2, 0.25) is 0 Å². The molecule has 0 aliphatic carbocycles. The number of ether oxygens (including phenoxy) is 4. The van der Waals surface area contributed by atoms with Gasteiger partial charge in [-0.25, -0.2) is 56.5 Å². The number of nitrogens with one attached hydrogen (secondary N) is 12. The summed E-state index contributed by atoms with van der Waals surface area (Å²) in [5.74, 6) is 0.395. The van der Waals surface area contributed by atoms with Crippen molar-refractivity contribution < 1.29 is 160 Å². The van der Waals surface area contributed by atoms with Gasteiger partial charge in [0.05, 0.1) is 50.0 Å². The van der Waals surface area contributed by atoms with E-state index in [9.17, 15) is 105 Å². The number of alkyl carbamates (subject to hydrolysis) is 2. The van der Waals surface area contributed by atoms with Crippen LogP contribution >= 0.6 is 70.5 Å². The number of nitrogens with two attached hydrogens (primary N) is 2. The first-order chi connectivity index (χ1) is 57.4. The number of rotatable bonds is 46. The quantitative estimate of drug-likeness (QED) is 0.0127. The molecule has 56 nitrogen and oxygen atoms in total. The number of H-pyrrole nitrogens is 2. The van der Waals surface area contributed by atoms with E-state index in [1.165, 1.54) is 0 Å².